The highest BCUT2D eigenvalue weighted by atomic mass is 16.5. The summed E-state index contributed by atoms with van der Waals surface area (Å²) in [6.45, 7) is 1.94. The largest absolute Gasteiger partial charge is 0.425 e. The van der Waals surface area contributed by atoms with Crippen LogP contribution < -0.4 is 9.64 Å². The van der Waals surface area contributed by atoms with Crippen LogP contribution in [0.25, 0.3) is 5.57 Å². The van der Waals surface area contributed by atoms with E-state index in [9.17, 15) is 14.4 Å². The molecule has 1 saturated heterocycles. The summed E-state index contributed by atoms with van der Waals surface area (Å²) in [5.41, 5.74) is 4.03. The van der Waals surface area contributed by atoms with E-state index in [1.807, 2.05) is 67.6 Å². The molecule has 2 heterocycles. The SMILES string of the molecule is Cc1ccc2c(c1)OC(=O)[C@@H]1C2=C[C@H](c2ccccc2)[C@H]2C(=O)N(c3ccccc3)C(=O)[C@H]12. The summed E-state index contributed by atoms with van der Waals surface area (Å²) in [5.74, 6) is -3.22. The van der Waals surface area contributed by atoms with Gasteiger partial charge in [-0.2, -0.15) is 0 Å². The molecule has 0 aromatic heterocycles. The van der Waals surface area contributed by atoms with E-state index in [1.54, 1.807) is 24.3 Å². The molecular weight excluding hydrogens is 414 g/mol. The van der Waals surface area contributed by atoms with Crippen LogP contribution >= 0.6 is 0 Å². The summed E-state index contributed by atoms with van der Waals surface area (Å²) in [5, 5.41) is 0. The summed E-state index contributed by atoms with van der Waals surface area (Å²) < 4.78 is 5.69. The number of benzene rings is 3. The molecule has 4 atom stereocenters. The van der Waals surface area contributed by atoms with Gasteiger partial charge in [0.1, 0.15) is 5.75 Å². The molecular formula is C28H21NO4. The highest BCUT2D eigenvalue weighted by Crippen LogP contribution is 2.54. The Morgan fingerprint density at radius 1 is 0.788 bits per heavy atom. The van der Waals surface area contributed by atoms with Crippen LogP contribution in [-0.4, -0.2) is 17.8 Å². The number of rotatable bonds is 2. The van der Waals surface area contributed by atoms with Gasteiger partial charge in [-0.25, -0.2) is 4.90 Å². The predicted octanol–water partition coefficient (Wildman–Crippen LogP) is 4.52. The number of imide groups is 1. The van der Waals surface area contributed by atoms with E-state index in [4.69, 9.17) is 4.74 Å². The monoisotopic (exact) mass is 435 g/mol. The fourth-order valence-corrected chi connectivity index (χ4v) is 5.50. The number of para-hydroxylation sites is 1. The lowest BCUT2D eigenvalue weighted by atomic mass is 9.64. The topological polar surface area (TPSA) is 63.7 Å². The van der Waals surface area contributed by atoms with Crippen molar-refractivity contribution in [1.29, 1.82) is 0 Å². The summed E-state index contributed by atoms with van der Waals surface area (Å²) in [6.07, 6.45) is 2.01. The van der Waals surface area contributed by atoms with E-state index in [0.717, 1.165) is 22.3 Å². The van der Waals surface area contributed by atoms with E-state index in [2.05, 4.69) is 0 Å². The minimum Gasteiger partial charge on any atom is -0.425 e. The predicted molar refractivity (Wildman–Crippen MR) is 123 cm³/mol. The van der Waals surface area contributed by atoms with E-state index in [0.29, 0.717) is 11.4 Å². The number of hydrogen-bond acceptors (Lipinski definition) is 4. The lowest BCUT2D eigenvalue weighted by Gasteiger charge is -2.38. The number of fused-ring (bicyclic) bond motifs is 5. The van der Waals surface area contributed by atoms with Crippen molar-refractivity contribution in [1.82, 2.24) is 0 Å². The Labute approximate surface area is 191 Å². The number of carbonyl (C=O) groups is 3. The van der Waals surface area contributed by atoms with Gasteiger partial charge in [0.2, 0.25) is 11.8 Å². The van der Waals surface area contributed by atoms with Crippen LogP contribution in [0.3, 0.4) is 0 Å². The zero-order valence-electron chi connectivity index (χ0n) is 18.0. The van der Waals surface area contributed by atoms with Crippen LogP contribution in [0.5, 0.6) is 5.75 Å². The first-order chi connectivity index (χ1) is 16.0. The van der Waals surface area contributed by atoms with Crippen LogP contribution in [0, 0.1) is 24.7 Å². The molecule has 6 rings (SSSR count). The van der Waals surface area contributed by atoms with Crippen LogP contribution in [0.1, 0.15) is 22.6 Å². The highest BCUT2D eigenvalue weighted by Gasteiger charge is 2.60. The van der Waals surface area contributed by atoms with Crippen molar-refractivity contribution in [3.05, 3.63) is 102 Å². The van der Waals surface area contributed by atoms with Gasteiger partial charge in [-0.3, -0.25) is 14.4 Å². The Balaban J connectivity index is 1.56. The van der Waals surface area contributed by atoms with Gasteiger partial charge in [-0.15, -0.1) is 0 Å². The average molecular weight is 435 g/mol. The van der Waals surface area contributed by atoms with E-state index >= 15 is 0 Å². The molecule has 0 bridgehead atoms. The van der Waals surface area contributed by atoms with Crippen molar-refractivity contribution < 1.29 is 19.1 Å². The number of esters is 1. The standard InChI is InChI=1S/C28H21NO4/c1-16-12-13-19-21-15-20(17-8-4-2-5-9-17)23-25(24(21)28(32)33-22(19)14-16)27(31)29(26(23)30)18-10-6-3-7-11-18/h2-15,20,23-25H,1H3/t20-,23-,24-,25+/m1/s1. The van der Waals surface area contributed by atoms with Gasteiger partial charge in [-0.05, 0) is 41.8 Å². The molecule has 3 aromatic rings. The minimum absolute atomic E-state index is 0.275. The molecule has 5 heteroatoms. The van der Waals surface area contributed by atoms with Crippen LogP contribution in [0.15, 0.2) is 84.9 Å². The first-order valence-corrected chi connectivity index (χ1v) is 11.1. The number of carbonyl (C=O) groups excluding carboxylic acids is 3. The molecule has 162 valence electrons. The smallest absolute Gasteiger partial charge is 0.319 e. The zero-order chi connectivity index (χ0) is 22.7. The zero-order valence-corrected chi connectivity index (χ0v) is 18.0. The second kappa shape index (κ2) is 7.27. The Bertz CT molecular complexity index is 1330. The second-order valence-corrected chi connectivity index (χ2v) is 8.86. The van der Waals surface area contributed by atoms with Crippen molar-refractivity contribution in [2.24, 2.45) is 17.8 Å². The fraction of sp³-hybridized carbons (Fsp3) is 0.179. The number of amides is 2. The third kappa shape index (κ3) is 2.89. The molecule has 2 amide bonds. The van der Waals surface area contributed by atoms with Gasteiger partial charge in [-0.1, -0.05) is 66.7 Å². The Morgan fingerprint density at radius 2 is 1.45 bits per heavy atom. The first-order valence-electron chi connectivity index (χ1n) is 11.1. The van der Waals surface area contributed by atoms with Gasteiger partial charge >= 0.3 is 5.97 Å². The van der Waals surface area contributed by atoms with Crippen molar-refractivity contribution >= 4 is 29.0 Å². The van der Waals surface area contributed by atoms with Gasteiger partial charge < -0.3 is 4.74 Å². The molecule has 0 N–H and O–H groups in total. The molecule has 3 aromatic carbocycles. The highest BCUT2D eigenvalue weighted by molar-refractivity contribution is 6.24. The number of anilines is 1. The van der Waals surface area contributed by atoms with Crippen LogP contribution in [0.2, 0.25) is 0 Å². The van der Waals surface area contributed by atoms with Crippen molar-refractivity contribution in [2.75, 3.05) is 4.90 Å². The lowest BCUT2D eigenvalue weighted by Crippen LogP contribution is -2.42. The normalized spacial score (nSPS) is 25.7. The van der Waals surface area contributed by atoms with Gasteiger partial charge in [0, 0.05) is 11.5 Å². The number of nitrogens with zero attached hydrogens (tertiary/aromatic N) is 1. The number of allylic oxidation sites excluding steroid dienone is 1. The number of ether oxygens (including phenoxy) is 1. The maximum absolute atomic E-state index is 13.8. The van der Waals surface area contributed by atoms with Gasteiger partial charge in [0.05, 0.1) is 23.4 Å². The summed E-state index contributed by atoms with van der Waals surface area (Å²) in [4.78, 5) is 42.0. The average Bonchev–Trinajstić information content (AvgIpc) is 3.09. The molecule has 0 unspecified atom stereocenters. The Hall–Kier alpha value is -3.99. The molecule has 3 aliphatic rings. The van der Waals surface area contributed by atoms with Crippen LogP contribution in [-0.2, 0) is 14.4 Å². The Morgan fingerprint density at radius 3 is 2.18 bits per heavy atom. The lowest BCUT2D eigenvalue weighted by molar-refractivity contribution is -0.142. The number of aryl methyl sites for hydroxylation is 1. The third-order valence-corrected chi connectivity index (χ3v) is 6.95. The molecule has 2 aliphatic heterocycles. The van der Waals surface area contributed by atoms with E-state index in [-0.39, 0.29) is 17.7 Å². The summed E-state index contributed by atoms with van der Waals surface area (Å²) >= 11 is 0. The van der Waals surface area contributed by atoms with Gasteiger partial charge in [0.15, 0.2) is 0 Å². The molecule has 33 heavy (non-hydrogen) atoms. The Kier molecular flexibility index (Phi) is 4.34. The fourth-order valence-electron chi connectivity index (χ4n) is 5.50. The molecule has 1 fully saturated rings. The molecule has 5 nitrogen and oxygen atoms in total. The molecule has 0 spiro atoms. The minimum atomic E-state index is -0.815. The second-order valence-electron chi connectivity index (χ2n) is 8.86. The molecule has 1 aliphatic carbocycles. The maximum Gasteiger partial charge on any atom is 0.319 e. The van der Waals surface area contributed by atoms with Crippen molar-refractivity contribution in [3.8, 4) is 5.75 Å². The molecule has 0 saturated carbocycles. The summed E-state index contributed by atoms with van der Waals surface area (Å²) in [6, 6.07) is 24.4. The maximum atomic E-state index is 13.8. The third-order valence-electron chi connectivity index (χ3n) is 6.95. The molecule has 0 radical (unpaired) electrons. The van der Waals surface area contributed by atoms with E-state index < -0.39 is 23.7 Å². The van der Waals surface area contributed by atoms with E-state index in [1.165, 1.54) is 4.90 Å². The quantitative estimate of drug-likeness (QED) is 0.337. The van der Waals surface area contributed by atoms with Crippen molar-refractivity contribution in [3.63, 3.8) is 0 Å². The van der Waals surface area contributed by atoms with Crippen LogP contribution in [0.4, 0.5) is 5.69 Å². The van der Waals surface area contributed by atoms with Crippen molar-refractivity contribution in [2.45, 2.75) is 12.8 Å². The van der Waals surface area contributed by atoms with Gasteiger partial charge in [0.25, 0.3) is 0 Å². The summed E-state index contributed by atoms with van der Waals surface area (Å²) in [7, 11) is 0. The first kappa shape index (κ1) is 19.7. The number of hydrogen-bond donors (Lipinski definition) is 0.